The van der Waals surface area contributed by atoms with Gasteiger partial charge in [0.25, 0.3) is 5.91 Å². The number of ether oxygens (including phenoxy) is 3. The number of amides is 1. The first-order chi connectivity index (χ1) is 15.4. The molecule has 1 aromatic heterocycles. The molecule has 10 heteroatoms. The quantitative estimate of drug-likeness (QED) is 0.416. The Labute approximate surface area is 194 Å². The zero-order valence-electron chi connectivity index (χ0n) is 18.0. The number of thiazole rings is 1. The molecule has 0 saturated carbocycles. The fourth-order valence-corrected chi connectivity index (χ4v) is 3.97. The molecular weight excluding hydrogens is 454 g/mol. The van der Waals surface area contributed by atoms with E-state index < -0.39 is 5.91 Å². The van der Waals surface area contributed by atoms with Gasteiger partial charge in [-0.15, -0.1) is 28.0 Å². The van der Waals surface area contributed by atoms with Gasteiger partial charge in [-0.05, 0) is 24.6 Å². The normalized spacial score (nSPS) is 11.2. The van der Waals surface area contributed by atoms with Crippen molar-refractivity contribution >= 4 is 34.8 Å². The Morgan fingerprint density at radius 2 is 1.69 bits per heavy atom. The van der Waals surface area contributed by atoms with E-state index in [2.05, 4.69) is 10.5 Å². The van der Waals surface area contributed by atoms with Crippen LogP contribution in [0.15, 0.2) is 46.9 Å². The Balaban J connectivity index is 1.98. The van der Waals surface area contributed by atoms with Crippen LogP contribution >= 0.6 is 22.9 Å². The van der Waals surface area contributed by atoms with Gasteiger partial charge in [0.05, 0.1) is 27.0 Å². The van der Waals surface area contributed by atoms with Gasteiger partial charge in [0.2, 0.25) is 16.5 Å². The molecule has 0 radical (unpaired) electrons. The molecule has 0 fully saturated rings. The molecule has 1 heterocycles. The number of rotatable bonds is 7. The lowest BCUT2D eigenvalue weighted by Gasteiger charge is -2.13. The van der Waals surface area contributed by atoms with Crippen LogP contribution in [0, 0.1) is 6.92 Å². The molecule has 8 nitrogen and oxygen atoms in total. The molecule has 0 saturated heterocycles. The second-order valence-corrected chi connectivity index (χ2v) is 7.70. The Bertz CT molecular complexity index is 1180. The van der Waals surface area contributed by atoms with Gasteiger partial charge in [-0.2, -0.15) is 0 Å². The summed E-state index contributed by atoms with van der Waals surface area (Å²) in [4.78, 5) is 25.6. The maximum absolute atomic E-state index is 12.7. The van der Waals surface area contributed by atoms with E-state index >= 15 is 0 Å². The lowest BCUT2D eigenvalue weighted by Crippen LogP contribution is -2.29. The largest absolute Gasteiger partial charge is 0.493 e. The van der Waals surface area contributed by atoms with E-state index in [1.54, 1.807) is 5.38 Å². The van der Waals surface area contributed by atoms with E-state index in [1.807, 2.05) is 31.2 Å². The van der Waals surface area contributed by atoms with Crippen LogP contribution in [0.1, 0.15) is 20.7 Å². The van der Waals surface area contributed by atoms with Gasteiger partial charge in [-0.1, -0.05) is 29.8 Å². The van der Waals surface area contributed by atoms with Crippen LogP contribution in [-0.4, -0.2) is 43.6 Å². The van der Waals surface area contributed by atoms with E-state index in [0.29, 0.717) is 22.9 Å². The van der Waals surface area contributed by atoms with Crippen molar-refractivity contribution in [2.24, 2.45) is 5.10 Å². The fraction of sp³-hybridized carbons (Fsp3) is 0.227. The Morgan fingerprint density at radius 3 is 2.22 bits per heavy atom. The highest BCUT2D eigenvalue weighted by Crippen LogP contribution is 2.38. The summed E-state index contributed by atoms with van der Waals surface area (Å²) in [7, 11) is 4.40. The zero-order chi connectivity index (χ0) is 23.3. The van der Waals surface area contributed by atoms with Crippen molar-refractivity contribution in [3.05, 3.63) is 57.7 Å². The first kappa shape index (κ1) is 23.4. The molecule has 0 aliphatic carbocycles. The van der Waals surface area contributed by atoms with Crippen LogP contribution in [-0.2, 0) is 0 Å². The molecule has 0 atom stereocenters. The topological polar surface area (TPSA) is 91.2 Å². The average molecular weight is 476 g/mol. The predicted molar refractivity (Wildman–Crippen MR) is 123 cm³/mol. The minimum atomic E-state index is -0.514. The molecule has 0 aliphatic rings. The summed E-state index contributed by atoms with van der Waals surface area (Å²) in [6.45, 7) is 1.98. The van der Waals surface area contributed by atoms with Crippen molar-refractivity contribution in [3.8, 4) is 28.5 Å². The van der Waals surface area contributed by atoms with Crippen molar-refractivity contribution in [2.45, 2.75) is 6.92 Å². The summed E-state index contributed by atoms with van der Waals surface area (Å²) in [5, 5.41) is 5.95. The van der Waals surface area contributed by atoms with Crippen LogP contribution in [0.2, 0.25) is 0 Å². The third-order valence-corrected chi connectivity index (χ3v) is 5.65. The number of carbonyl (C=O) groups is 2. The van der Waals surface area contributed by atoms with Crippen molar-refractivity contribution in [1.82, 2.24) is 9.99 Å². The fourth-order valence-electron chi connectivity index (χ4n) is 2.99. The number of carbonyl (C=O) groups excluding carboxylic acids is 2. The summed E-state index contributed by atoms with van der Waals surface area (Å²) in [6.07, 6.45) is 0. The van der Waals surface area contributed by atoms with Gasteiger partial charge >= 0.3 is 0 Å². The van der Waals surface area contributed by atoms with Gasteiger partial charge in [0.15, 0.2) is 11.5 Å². The number of nitrogens with zero attached hydrogens (tertiary/aromatic N) is 2. The minimum absolute atomic E-state index is 0.233. The summed E-state index contributed by atoms with van der Waals surface area (Å²) < 4.78 is 17.2. The zero-order valence-corrected chi connectivity index (χ0v) is 19.5. The van der Waals surface area contributed by atoms with Crippen molar-refractivity contribution in [1.29, 1.82) is 0 Å². The number of hydrogen-bond donors (Lipinski definition) is 1. The standard InChI is InChI=1S/C22H22ClN3O5S/c1-13-5-7-14(8-6-13)16-12-32-22(26(16)19(27)11-23)25-24-21(28)15-9-17(29-2)20(31-4)18(10-15)30-3/h5-10,12H,11H2,1-4H3,(H,24,28). The number of benzene rings is 2. The number of nitrogens with one attached hydrogen (secondary N) is 1. The number of aromatic nitrogens is 1. The van der Waals surface area contributed by atoms with Gasteiger partial charge in [0, 0.05) is 10.9 Å². The molecule has 0 bridgehead atoms. The maximum Gasteiger partial charge on any atom is 0.271 e. The van der Waals surface area contributed by atoms with E-state index in [4.69, 9.17) is 25.8 Å². The van der Waals surface area contributed by atoms with Crippen LogP contribution in [0.4, 0.5) is 0 Å². The van der Waals surface area contributed by atoms with Gasteiger partial charge in [-0.3, -0.25) is 14.2 Å². The highest BCUT2D eigenvalue weighted by atomic mass is 35.5. The number of methoxy groups -OCH3 is 3. The van der Waals surface area contributed by atoms with Gasteiger partial charge < -0.3 is 14.2 Å². The van der Waals surface area contributed by atoms with Gasteiger partial charge in [0.1, 0.15) is 5.88 Å². The van der Waals surface area contributed by atoms with E-state index in [1.165, 1.54) is 49.4 Å². The average Bonchev–Trinajstić information content (AvgIpc) is 3.25. The first-order valence-corrected chi connectivity index (χ1v) is 10.9. The molecule has 168 valence electrons. The van der Waals surface area contributed by atoms with Crippen molar-refractivity contribution in [2.75, 3.05) is 27.2 Å². The van der Waals surface area contributed by atoms with Crippen LogP contribution in [0.5, 0.6) is 17.2 Å². The summed E-state index contributed by atoms with van der Waals surface area (Å²) in [6, 6.07) is 10.7. The Kier molecular flexibility index (Phi) is 7.55. The van der Waals surface area contributed by atoms with Crippen LogP contribution < -0.4 is 24.4 Å². The highest BCUT2D eigenvalue weighted by molar-refractivity contribution is 7.07. The van der Waals surface area contributed by atoms with Crippen molar-refractivity contribution in [3.63, 3.8) is 0 Å². The monoisotopic (exact) mass is 475 g/mol. The Morgan fingerprint density at radius 1 is 1.06 bits per heavy atom. The number of hydrogen-bond acceptors (Lipinski definition) is 7. The predicted octanol–water partition coefficient (Wildman–Crippen LogP) is 3.68. The number of aryl methyl sites for hydroxylation is 1. The molecular formula is C22H22ClN3O5S. The van der Waals surface area contributed by atoms with E-state index in [0.717, 1.165) is 11.1 Å². The molecule has 0 unspecified atom stereocenters. The number of alkyl halides is 1. The van der Waals surface area contributed by atoms with E-state index in [9.17, 15) is 9.59 Å². The van der Waals surface area contributed by atoms with Crippen LogP contribution in [0.25, 0.3) is 11.3 Å². The molecule has 3 rings (SSSR count). The summed E-state index contributed by atoms with van der Waals surface area (Å²) in [5.74, 6) is -0.0630. The summed E-state index contributed by atoms with van der Waals surface area (Å²) >= 11 is 7.03. The molecule has 3 aromatic rings. The summed E-state index contributed by atoms with van der Waals surface area (Å²) in [5.41, 5.74) is 5.30. The van der Waals surface area contributed by atoms with Crippen LogP contribution in [0.3, 0.4) is 0 Å². The molecule has 1 N–H and O–H groups in total. The molecule has 0 aliphatic heterocycles. The third-order valence-electron chi connectivity index (χ3n) is 4.60. The van der Waals surface area contributed by atoms with Crippen molar-refractivity contribution < 1.29 is 23.8 Å². The smallest absolute Gasteiger partial charge is 0.271 e. The molecule has 32 heavy (non-hydrogen) atoms. The minimum Gasteiger partial charge on any atom is -0.493 e. The molecule has 2 aromatic carbocycles. The highest BCUT2D eigenvalue weighted by Gasteiger charge is 2.18. The Hall–Kier alpha value is -3.30. The SMILES string of the molecule is COc1cc(C(=O)NN=c2scc(-c3ccc(C)cc3)n2C(=O)CCl)cc(OC)c1OC. The molecule has 0 spiro atoms. The third kappa shape index (κ3) is 4.79. The van der Waals surface area contributed by atoms with Gasteiger partial charge in [-0.25, -0.2) is 5.43 Å². The lowest BCUT2D eigenvalue weighted by molar-refractivity contribution is 0.0926. The first-order valence-electron chi connectivity index (χ1n) is 9.44. The molecule has 1 amide bonds. The van der Waals surface area contributed by atoms with E-state index in [-0.39, 0.29) is 22.2 Å². The second kappa shape index (κ2) is 10.3. The number of halogens is 1. The second-order valence-electron chi connectivity index (χ2n) is 6.60. The lowest BCUT2D eigenvalue weighted by atomic mass is 10.1. The maximum atomic E-state index is 12.7.